The van der Waals surface area contributed by atoms with E-state index in [-0.39, 0.29) is 5.91 Å². The minimum absolute atomic E-state index is 0.0721. The van der Waals surface area contributed by atoms with E-state index in [1.807, 2.05) is 48.3 Å². The molecule has 1 amide bonds. The van der Waals surface area contributed by atoms with Crippen molar-refractivity contribution in [2.75, 3.05) is 6.54 Å². The molecule has 0 aliphatic rings. The zero-order chi connectivity index (χ0) is 13.8. The number of nitrogens with one attached hydrogen (secondary N) is 1. The van der Waals surface area contributed by atoms with Crippen molar-refractivity contribution >= 4 is 17.2 Å². The maximum absolute atomic E-state index is 11.8. The third-order valence-electron chi connectivity index (χ3n) is 2.98. The van der Waals surface area contributed by atoms with E-state index in [4.69, 9.17) is 0 Å². The molecule has 2 rings (SSSR count). The molecule has 2 aromatic heterocycles. The maximum atomic E-state index is 11.8. The van der Waals surface area contributed by atoms with Gasteiger partial charge in [-0.05, 0) is 42.5 Å². The molecular weight excluding hydrogens is 260 g/mol. The summed E-state index contributed by atoms with van der Waals surface area (Å²) in [5.74, 6) is -0.0721. The number of aliphatic hydroxyl groups excluding tert-OH is 1. The van der Waals surface area contributed by atoms with Gasteiger partial charge in [0.25, 0.3) is 5.91 Å². The number of thiophene rings is 1. The van der Waals surface area contributed by atoms with Gasteiger partial charge in [-0.25, -0.2) is 0 Å². The van der Waals surface area contributed by atoms with Gasteiger partial charge in [0.1, 0.15) is 0 Å². The zero-order valence-corrected chi connectivity index (χ0v) is 11.9. The first-order valence-electron chi connectivity index (χ1n) is 6.20. The molecule has 0 aromatic carbocycles. The van der Waals surface area contributed by atoms with E-state index in [0.29, 0.717) is 17.8 Å². The molecule has 0 aliphatic carbocycles. The van der Waals surface area contributed by atoms with Crippen LogP contribution in [0.25, 0.3) is 0 Å². The largest absolute Gasteiger partial charge is 0.387 e. The van der Waals surface area contributed by atoms with Crippen LogP contribution in [0.5, 0.6) is 0 Å². The van der Waals surface area contributed by atoms with E-state index in [1.165, 1.54) is 11.3 Å². The number of aryl methyl sites for hydroxylation is 2. The van der Waals surface area contributed by atoms with Crippen LogP contribution in [0.1, 0.15) is 33.5 Å². The Bertz CT molecular complexity index is 559. The molecule has 0 bridgehead atoms. The Labute approximate surface area is 116 Å². The third-order valence-corrected chi connectivity index (χ3v) is 4.03. The van der Waals surface area contributed by atoms with Crippen LogP contribution in [-0.2, 0) is 7.05 Å². The molecule has 0 spiro atoms. The highest BCUT2D eigenvalue weighted by Crippen LogP contribution is 2.16. The predicted molar refractivity (Wildman–Crippen MR) is 76.4 cm³/mol. The molecule has 2 heterocycles. The SMILES string of the molecule is Cc1csc(C(=O)NCCC(O)c2cccn2C)c1. The van der Waals surface area contributed by atoms with Crippen LogP contribution in [0, 0.1) is 6.92 Å². The van der Waals surface area contributed by atoms with Crippen LogP contribution in [0.2, 0.25) is 0 Å². The summed E-state index contributed by atoms with van der Waals surface area (Å²) in [6.07, 6.45) is 1.85. The third kappa shape index (κ3) is 3.45. The second-order valence-corrected chi connectivity index (χ2v) is 5.50. The molecule has 2 aromatic rings. The van der Waals surface area contributed by atoms with Crippen LogP contribution in [0.3, 0.4) is 0 Å². The summed E-state index contributed by atoms with van der Waals surface area (Å²) in [5, 5.41) is 14.8. The van der Waals surface area contributed by atoms with Crippen LogP contribution in [0.4, 0.5) is 0 Å². The second-order valence-electron chi connectivity index (χ2n) is 4.59. The minimum Gasteiger partial charge on any atom is -0.387 e. The highest BCUT2D eigenvalue weighted by atomic mass is 32.1. The molecule has 0 fully saturated rings. The number of nitrogens with zero attached hydrogens (tertiary/aromatic N) is 1. The molecule has 102 valence electrons. The highest BCUT2D eigenvalue weighted by molar-refractivity contribution is 7.12. The molecular formula is C14H18N2O2S. The highest BCUT2D eigenvalue weighted by Gasteiger charge is 2.12. The van der Waals surface area contributed by atoms with E-state index >= 15 is 0 Å². The Morgan fingerprint density at radius 3 is 2.95 bits per heavy atom. The van der Waals surface area contributed by atoms with Gasteiger partial charge in [-0.3, -0.25) is 4.79 Å². The Morgan fingerprint density at radius 1 is 1.58 bits per heavy atom. The fourth-order valence-corrected chi connectivity index (χ4v) is 2.74. The smallest absolute Gasteiger partial charge is 0.261 e. The standard InChI is InChI=1S/C14H18N2O2S/c1-10-8-13(19-9-10)14(18)15-6-5-12(17)11-4-3-7-16(11)2/h3-4,7-9,12,17H,5-6H2,1-2H3,(H,15,18). The summed E-state index contributed by atoms with van der Waals surface area (Å²) in [6, 6.07) is 5.65. The van der Waals surface area contributed by atoms with Gasteiger partial charge in [0.15, 0.2) is 0 Å². The Morgan fingerprint density at radius 2 is 2.37 bits per heavy atom. The molecule has 19 heavy (non-hydrogen) atoms. The average Bonchev–Trinajstić information content (AvgIpc) is 2.97. The van der Waals surface area contributed by atoms with Crippen molar-refractivity contribution < 1.29 is 9.90 Å². The van der Waals surface area contributed by atoms with Gasteiger partial charge in [0, 0.05) is 25.5 Å². The van der Waals surface area contributed by atoms with E-state index in [2.05, 4.69) is 5.32 Å². The lowest BCUT2D eigenvalue weighted by molar-refractivity contribution is 0.0945. The number of rotatable bonds is 5. The van der Waals surface area contributed by atoms with Crippen LogP contribution < -0.4 is 5.32 Å². The number of aliphatic hydroxyl groups is 1. The Kier molecular flexibility index (Phi) is 4.39. The normalized spacial score (nSPS) is 12.4. The topological polar surface area (TPSA) is 54.3 Å². The number of hydrogen-bond donors (Lipinski definition) is 2. The van der Waals surface area contributed by atoms with Crippen molar-refractivity contribution in [1.29, 1.82) is 0 Å². The lowest BCUT2D eigenvalue weighted by Crippen LogP contribution is -2.25. The lowest BCUT2D eigenvalue weighted by Gasteiger charge is -2.12. The summed E-state index contributed by atoms with van der Waals surface area (Å²) in [4.78, 5) is 12.5. The first kappa shape index (κ1) is 13.8. The predicted octanol–water partition coefficient (Wildman–Crippen LogP) is 2.25. The molecule has 2 N–H and O–H groups in total. The number of aromatic nitrogens is 1. The second kappa shape index (κ2) is 6.04. The fourth-order valence-electron chi connectivity index (χ4n) is 1.93. The molecule has 1 unspecified atom stereocenters. The molecule has 1 atom stereocenters. The van der Waals surface area contributed by atoms with Crippen LogP contribution in [-0.4, -0.2) is 22.1 Å². The summed E-state index contributed by atoms with van der Waals surface area (Å²) in [6.45, 7) is 2.43. The minimum atomic E-state index is -0.551. The van der Waals surface area contributed by atoms with E-state index in [9.17, 15) is 9.90 Å². The van der Waals surface area contributed by atoms with E-state index in [1.54, 1.807) is 0 Å². The van der Waals surface area contributed by atoms with Crippen molar-refractivity contribution in [3.8, 4) is 0 Å². The van der Waals surface area contributed by atoms with Gasteiger partial charge in [-0.2, -0.15) is 0 Å². The molecule has 4 nitrogen and oxygen atoms in total. The number of hydrogen-bond acceptors (Lipinski definition) is 3. The molecule has 0 saturated heterocycles. The summed E-state index contributed by atoms with van der Waals surface area (Å²) >= 11 is 1.44. The van der Waals surface area contributed by atoms with Crippen molar-refractivity contribution in [3.05, 3.63) is 45.9 Å². The Balaban J connectivity index is 1.81. The van der Waals surface area contributed by atoms with Crippen molar-refractivity contribution in [2.45, 2.75) is 19.4 Å². The van der Waals surface area contributed by atoms with Gasteiger partial charge in [0.05, 0.1) is 11.0 Å². The van der Waals surface area contributed by atoms with Crippen molar-refractivity contribution in [2.24, 2.45) is 7.05 Å². The van der Waals surface area contributed by atoms with Gasteiger partial charge in [0.2, 0.25) is 0 Å². The Hall–Kier alpha value is -1.59. The quantitative estimate of drug-likeness (QED) is 0.881. The molecule has 0 radical (unpaired) electrons. The maximum Gasteiger partial charge on any atom is 0.261 e. The van der Waals surface area contributed by atoms with Gasteiger partial charge in [-0.1, -0.05) is 0 Å². The summed E-state index contributed by atoms with van der Waals surface area (Å²) in [5.41, 5.74) is 1.96. The number of carbonyl (C=O) groups excluding carboxylic acids is 1. The zero-order valence-electron chi connectivity index (χ0n) is 11.1. The van der Waals surface area contributed by atoms with Gasteiger partial charge in [-0.15, -0.1) is 11.3 Å². The molecule has 0 aliphatic heterocycles. The monoisotopic (exact) mass is 278 g/mol. The van der Waals surface area contributed by atoms with Crippen LogP contribution >= 0.6 is 11.3 Å². The fraction of sp³-hybridized carbons (Fsp3) is 0.357. The van der Waals surface area contributed by atoms with E-state index < -0.39 is 6.10 Å². The average molecular weight is 278 g/mol. The lowest BCUT2D eigenvalue weighted by atomic mass is 10.2. The number of carbonyl (C=O) groups is 1. The first-order valence-corrected chi connectivity index (χ1v) is 7.08. The molecule has 0 saturated carbocycles. The first-order chi connectivity index (χ1) is 9.08. The summed E-state index contributed by atoms with van der Waals surface area (Å²) < 4.78 is 1.88. The summed E-state index contributed by atoms with van der Waals surface area (Å²) in [7, 11) is 1.89. The van der Waals surface area contributed by atoms with Gasteiger partial charge < -0.3 is 15.0 Å². The van der Waals surface area contributed by atoms with Gasteiger partial charge >= 0.3 is 0 Å². The molecule has 5 heteroatoms. The van der Waals surface area contributed by atoms with Crippen LogP contribution in [0.15, 0.2) is 29.8 Å². The van der Waals surface area contributed by atoms with Crippen molar-refractivity contribution in [1.82, 2.24) is 9.88 Å². The number of amides is 1. The van der Waals surface area contributed by atoms with E-state index in [0.717, 1.165) is 11.3 Å². The van der Waals surface area contributed by atoms with Crippen molar-refractivity contribution in [3.63, 3.8) is 0 Å².